The highest BCUT2D eigenvalue weighted by molar-refractivity contribution is 6.02. The average molecular weight is 383 g/mol. The van der Waals surface area contributed by atoms with Crippen molar-refractivity contribution in [2.75, 3.05) is 0 Å². The summed E-state index contributed by atoms with van der Waals surface area (Å²) in [4.78, 5) is 15.9. The van der Waals surface area contributed by atoms with Crippen molar-refractivity contribution in [1.82, 2.24) is 0 Å². The van der Waals surface area contributed by atoms with Crippen LogP contribution in [0, 0.1) is 0 Å². The number of guanidine groups is 1. The Labute approximate surface area is 169 Å². The topological polar surface area (TPSA) is 90.7 Å². The molecule has 0 saturated carbocycles. The lowest BCUT2D eigenvalue weighted by molar-refractivity contribution is 0.100. The van der Waals surface area contributed by atoms with E-state index >= 15 is 0 Å². The number of amides is 1. The largest absolute Gasteiger partial charge is 0.457 e. The highest BCUT2D eigenvalue weighted by Crippen LogP contribution is 2.34. The summed E-state index contributed by atoms with van der Waals surface area (Å²) in [6, 6.07) is 23.2. The summed E-state index contributed by atoms with van der Waals surface area (Å²) in [5.74, 6) is 0.889. The number of aryl methyl sites for hydroxylation is 1. The van der Waals surface area contributed by atoms with E-state index in [0.29, 0.717) is 5.56 Å². The lowest BCUT2D eigenvalue weighted by Gasteiger charge is -2.19. The van der Waals surface area contributed by atoms with Gasteiger partial charge in [0.2, 0.25) is 0 Å². The molecule has 144 valence electrons. The number of para-hydroxylation sites is 1. The number of hydrogen-bond acceptors (Lipinski definition) is 2. The zero-order valence-electron chi connectivity index (χ0n) is 15.8. The van der Waals surface area contributed by atoms with Gasteiger partial charge in [-0.05, 0) is 71.5 Å². The van der Waals surface area contributed by atoms with Crippen molar-refractivity contribution in [2.24, 2.45) is 16.5 Å². The highest BCUT2D eigenvalue weighted by Gasteiger charge is 2.17. The lowest BCUT2D eigenvalue weighted by atomic mass is 9.86. The van der Waals surface area contributed by atoms with E-state index in [2.05, 4.69) is 11.1 Å². The Balaban J connectivity index is 1.62. The van der Waals surface area contributed by atoms with E-state index < -0.39 is 5.91 Å². The molecule has 0 heterocycles. The van der Waals surface area contributed by atoms with E-state index in [-0.39, 0.29) is 5.96 Å². The Morgan fingerprint density at radius 3 is 2.34 bits per heavy atom. The molecule has 0 radical (unpaired) electrons. The molecule has 29 heavy (non-hydrogen) atoms. The number of allylic oxidation sites excluding steroid dienone is 1. The van der Waals surface area contributed by atoms with Gasteiger partial charge < -0.3 is 16.2 Å². The first kappa shape index (κ1) is 18.5. The van der Waals surface area contributed by atoms with Crippen molar-refractivity contribution in [3.05, 3.63) is 101 Å². The zero-order chi connectivity index (χ0) is 20.2. The fraction of sp³-hybridized carbons (Fsp3) is 0.0833. The first-order valence-corrected chi connectivity index (χ1v) is 9.41. The van der Waals surface area contributed by atoms with Crippen molar-refractivity contribution in [3.63, 3.8) is 0 Å². The first-order chi connectivity index (χ1) is 14.1. The molecule has 1 aliphatic rings. The van der Waals surface area contributed by atoms with E-state index in [1.807, 2.05) is 66.7 Å². The Hall–Kier alpha value is -3.86. The number of ether oxygens (including phenoxy) is 1. The maximum Gasteiger partial charge on any atom is 0.280 e. The third kappa shape index (κ3) is 4.19. The number of benzene rings is 3. The van der Waals surface area contributed by atoms with Crippen LogP contribution in [0.15, 0.2) is 83.9 Å². The Bertz CT molecular complexity index is 1100. The molecule has 1 amide bonds. The Kier molecular flexibility index (Phi) is 5.12. The second kappa shape index (κ2) is 8.02. The van der Waals surface area contributed by atoms with Crippen molar-refractivity contribution in [3.8, 4) is 11.5 Å². The predicted octanol–water partition coefficient (Wildman–Crippen LogP) is 4.27. The van der Waals surface area contributed by atoms with Crippen LogP contribution < -0.4 is 16.2 Å². The number of nitrogens with two attached hydrogens (primary N) is 2. The zero-order valence-corrected chi connectivity index (χ0v) is 15.8. The summed E-state index contributed by atoms with van der Waals surface area (Å²) in [5.41, 5.74) is 15.5. The van der Waals surface area contributed by atoms with Crippen LogP contribution in [-0.2, 0) is 6.42 Å². The number of hydrogen-bond donors (Lipinski definition) is 2. The highest BCUT2D eigenvalue weighted by atomic mass is 16.5. The van der Waals surface area contributed by atoms with Crippen molar-refractivity contribution in [2.45, 2.75) is 12.8 Å². The molecule has 3 aromatic carbocycles. The van der Waals surface area contributed by atoms with Crippen LogP contribution in [0.1, 0.15) is 33.5 Å². The van der Waals surface area contributed by atoms with Crippen molar-refractivity contribution in [1.29, 1.82) is 0 Å². The summed E-state index contributed by atoms with van der Waals surface area (Å²) < 4.78 is 5.88. The smallest absolute Gasteiger partial charge is 0.280 e. The van der Waals surface area contributed by atoms with Crippen LogP contribution in [-0.4, -0.2) is 11.9 Å². The second-order valence-corrected chi connectivity index (χ2v) is 6.81. The minimum absolute atomic E-state index is 0.238. The summed E-state index contributed by atoms with van der Waals surface area (Å²) in [7, 11) is 0. The fourth-order valence-corrected chi connectivity index (χ4v) is 3.44. The molecule has 5 heteroatoms. The number of carbonyl (C=O) groups excluding carboxylic acids is 1. The molecule has 0 unspecified atom stereocenters. The van der Waals surface area contributed by atoms with Crippen LogP contribution >= 0.6 is 0 Å². The fourth-order valence-electron chi connectivity index (χ4n) is 3.44. The van der Waals surface area contributed by atoms with Crippen LogP contribution in [0.5, 0.6) is 11.5 Å². The van der Waals surface area contributed by atoms with Crippen LogP contribution in [0.2, 0.25) is 0 Å². The van der Waals surface area contributed by atoms with Gasteiger partial charge in [0, 0.05) is 5.56 Å². The molecular formula is C24H21N3O2. The van der Waals surface area contributed by atoms with Gasteiger partial charge in [0.05, 0.1) is 0 Å². The van der Waals surface area contributed by atoms with Gasteiger partial charge in [-0.3, -0.25) is 4.79 Å². The minimum Gasteiger partial charge on any atom is -0.457 e. The molecule has 5 nitrogen and oxygen atoms in total. The number of nitrogens with zero attached hydrogens (tertiary/aromatic N) is 1. The molecule has 0 aromatic heterocycles. The summed E-state index contributed by atoms with van der Waals surface area (Å²) in [5, 5.41) is 0. The lowest BCUT2D eigenvalue weighted by Crippen LogP contribution is -2.24. The second-order valence-electron chi connectivity index (χ2n) is 6.81. The molecule has 0 spiro atoms. The standard InChI is InChI=1S/C24H21N3O2/c25-24(26)27-23(28)18-10-9-16-5-4-8-21(22(16)15-18)17-11-13-20(14-12-17)29-19-6-2-1-3-7-19/h1-3,6-15H,4-5H2,(H4,25,26,27,28). The van der Waals surface area contributed by atoms with E-state index in [1.54, 1.807) is 6.07 Å². The summed E-state index contributed by atoms with van der Waals surface area (Å²) in [6.07, 6.45) is 4.08. The van der Waals surface area contributed by atoms with E-state index in [9.17, 15) is 4.79 Å². The SMILES string of the molecule is NC(N)=NC(=O)c1ccc2c(c1)C(c1ccc(Oc3ccccc3)cc1)=CCC2. The van der Waals surface area contributed by atoms with Crippen LogP contribution in [0.3, 0.4) is 0 Å². The normalized spacial score (nSPS) is 12.5. The van der Waals surface area contributed by atoms with Gasteiger partial charge in [0.1, 0.15) is 11.5 Å². The quantitative estimate of drug-likeness (QED) is 0.520. The molecule has 0 fully saturated rings. The molecule has 0 aliphatic heterocycles. The molecule has 0 atom stereocenters. The van der Waals surface area contributed by atoms with Gasteiger partial charge in [-0.25, -0.2) is 0 Å². The first-order valence-electron chi connectivity index (χ1n) is 9.41. The molecule has 4 rings (SSSR count). The molecule has 0 bridgehead atoms. The number of aliphatic imine (C=N–C) groups is 1. The minimum atomic E-state index is -0.440. The van der Waals surface area contributed by atoms with E-state index in [4.69, 9.17) is 16.2 Å². The molecule has 3 aromatic rings. The number of rotatable bonds is 4. The Morgan fingerprint density at radius 1 is 0.897 bits per heavy atom. The third-order valence-corrected chi connectivity index (χ3v) is 4.78. The van der Waals surface area contributed by atoms with Gasteiger partial charge in [0.15, 0.2) is 5.96 Å². The number of fused-ring (bicyclic) bond motifs is 1. The maximum atomic E-state index is 12.2. The van der Waals surface area contributed by atoms with E-state index in [1.165, 1.54) is 5.56 Å². The predicted molar refractivity (Wildman–Crippen MR) is 115 cm³/mol. The molecule has 4 N–H and O–H groups in total. The molecular weight excluding hydrogens is 362 g/mol. The maximum absolute atomic E-state index is 12.2. The van der Waals surface area contributed by atoms with E-state index in [0.717, 1.165) is 41.0 Å². The summed E-state index contributed by atoms with van der Waals surface area (Å²) in [6.45, 7) is 0. The van der Waals surface area contributed by atoms with Crippen LogP contribution in [0.4, 0.5) is 0 Å². The van der Waals surface area contributed by atoms with Crippen molar-refractivity contribution >= 4 is 17.4 Å². The van der Waals surface area contributed by atoms with Gasteiger partial charge in [-0.15, -0.1) is 0 Å². The molecule has 1 aliphatic carbocycles. The third-order valence-electron chi connectivity index (χ3n) is 4.78. The van der Waals surface area contributed by atoms with Gasteiger partial charge in [0.25, 0.3) is 5.91 Å². The monoisotopic (exact) mass is 383 g/mol. The average Bonchev–Trinajstić information content (AvgIpc) is 2.74. The summed E-state index contributed by atoms with van der Waals surface area (Å²) >= 11 is 0. The van der Waals surface area contributed by atoms with Crippen LogP contribution in [0.25, 0.3) is 5.57 Å². The number of carbonyl (C=O) groups is 1. The van der Waals surface area contributed by atoms with Gasteiger partial charge in [-0.2, -0.15) is 4.99 Å². The van der Waals surface area contributed by atoms with Crippen molar-refractivity contribution < 1.29 is 9.53 Å². The van der Waals surface area contributed by atoms with Gasteiger partial charge >= 0.3 is 0 Å². The Morgan fingerprint density at radius 2 is 1.62 bits per heavy atom. The van der Waals surface area contributed by atoms with Gasteiger partial charge in [-0.1, -0.05) is 42.5 Å². The molecule has 0 saturated heterocycles.